The van der Waals surface area contributed by atoms with Gasteiger partial charge >= 0.3 is 0 Å². The average molecular weight is 402 g/mol. The first-order valence-electron chi connectivity index (χ1n) is 9.92. The monoisotopic (exact) mass is 402 g/mol. The summed E-state index contributed by atoms with van der Waals surface area (Å²) in [4.78, 5) is 9.05. The molecular formula is C23H22N4O3. The Morgan fingerprint density at radius 2 is 2.07 bits per heavy atom. The molecule has 0 fully saturated rings. The van der Waals surface area contributed by atoms with Crippen molar-refractivity contribution in [2.24, 2.45) is 4.99 Å². The smallest absolute Gasteiger partial charge is 0.258 e. The summed E-state index contributed by atoms with van der Waals surface area (Å²) in [6.07, 6.45) is 1.66. The van der Waals surface area contributed by atoms with Crippen LogP contribution in [0.3, 0.4) is 0 Å². The fourth-order valence-corrected chi connectivity index (χ4v) is 3.62. The van der Waals surface area contributed by atoms with Gasteiger partial charge in [-0.15, -0.1) is 0 Å². The van der Waals surface area contributed by atoms with Crippen LogP contribution in [0.4, 0.5) is 0 Å². The maximum atomic E-state index is 9.45. The van der Waals surface area contributed by atoms with Crippen molar-refractivity contribution in [1.82, 2.24) is 10.1 Å². The first-order chi connectivity index (χ1) is 14.6. The fourth-order valence-electron chi connectivity index (χ4n) is 3.62. The second kappa shape index (κ2) is 8.47. The van der Waals surface area contributed by atoms with Gasteiger partial charge in [0.15, 0.2) is 0 Å². The number of aliphatic hydroxyl groups excluding tert-OH is 1. The van der Waals surface area contributed by atoms with E-state index in [0.29, 0.717) is 35.1 Å². The third-order valence-electron chi connectivity index (χ3n) is 4.88. The molecule has 0 atom stereocenters. The van der Waals surface area contributed by atoms with Gasteiger partial charge in [-0.1, -0.05) is 23.4 Å². The van der Waals surface area contributed by atoms with E-state index in [-0.39, 0.29) is 12.7 Å². The van der Waals surface area contributed by atoms with E-state index in [4.69, 9.17) is 14.4 Å². The third kappa shape index (κ3) is 3.82. The molecule has 1 aliphatic rings. The summed E-state index contributed by atoms with van der Waals surface area (Å²) in [6, 6.07) is 13.4. The van der Waals surface area contributed by atoms with Crippen LogP contribution in [0.15, 0.2) is 45.9 Å². The molecule has 0 radical (unpaired) electrons. The highest BCUT2D eigenvalue weighted by atomic mass is 16.5. The number of rotatable bonds is 6. The maximum Gasteiger partial charge on any atom is 0.258 e. The zero-order valence-corrected chi connectivity index (χ0v) is 16.9. The quantitative estimate of drug-likeness (QED) is 0.673. The van der Waals surface area contributed by atoms with Crippen LogP contribution in [-0.2, 0) is 6.42 Å². The molecule has 0 saturated carbocycles. The molecular weight excluding hydrogens is 380 g/mol. The van der Waals surface area contributed by atoms with Crippen LogP contribution in [0.25, 0.3) is 22.8 Å². The van der Waals surface area contributed by atoms with Gasteiger partial charge in [0, 0.05) is 16.8 Å². The van der Waals surface area contributed by atoms with Gasteiger partial charge in [-0.25, -0.2) is 0 Å². The van der Waals surface area contributed by atoms with E-state index in [2.05, 4.69) is 21.2 Å². The molecule has 1 aliphatic carbocycles. The number of benzene rings is 2. The molecule has 4 rings (SSSR count). The van der Waals surface area contributed by atoms with Gasteiger partial charge in [0.25, 0.3) is 5.89 Å². The van der Waals surface area contributed by atoms with Gasteiger partial charge < -0.3 is 14.4 Å². The highest BCUT2D eigenvalue weighted by Gasteiger charge is 2.23. The number of aliphatic hydroxyl groups is 1. The van der Waals surface area contributed by atoms with E-state index in [1.165, 1.54) is 0 Å². The lowest BCUT2D eigenvalue weighted by atomic mass is 10.0. The number of ether oxygens (including phenoxy) is 1. The number of hydrogen-bond donors (Lipinski definition) is 1. The summed E-state index contributed by atoms with van der Waals surface area (Å²) in [7, 11) is 0. The van der Waals surface area contributed by atoms with Crippen LogP contribution < -0.4 is 4.74 Å². The summed E-state index contributed by atoms with van der Waals surface area (Å²) in [5, 5.41) is 22.7. The molecule has 1 N–H and O–H groups in total. The first kappa shape index (κ1) is 19.8. The molecule has 0 bridgehead atoms. The number of fused-ring (bicyclic) bond motifs is 1. The van der Waals surface area contributed by atoms with Crippen molar-refractivity contribution in [3.63, 3.8) is 0 Å². The Kier molecular flexibility index (Phi) is 5.59. The highest BCUT2D eigenvalue weighted by Crippen LogP contribution is 2.33. The van der Waals surface area contributed by atoms with Crippen molar-refractivity contribution in [3.8, 4) is 34.7 Å². The zero-order chi connectivity index (χ0) is 21.1. The standard InChI is InChI=1S/C23H22N4O3/c1-14(2)29-21-9-6-15(12-16(21)13-24)23-26-22(27-30-23)19-5-3-4-18-17(19)7-8-20(18)25-10-11-28/h3-6,9,12,14,28H,7-8,10-11H2,1-2H3/b25-20+. The molecule has 0 amide bonds. The number of hydrogen-bond acceptors (Lipinski definition) is 7. The third-order valence-corrected chi connectivity index (χ3v) is 4.88. The lowest BCUT2D eigenvalue weighted by molar-refractivity contribution is 0.241. The van der Waals surface area contributed by atoms with E-state index in [9.17, 15) is 5.26 Å². The summed E-state index contributed by atoms with van der Waals surface area (Å²) in [6.45, 7) is 4.27. The molecule has 0 aliphatic heterocycles. The highest BCUT2D eigenvalue weighted by molar-refractivity contribution is 6.06. The Balaban J connectivity index is 1.67. The molecule has 1 aromatic heterocycles. The van der Waals surface area contributed by atoms with Crippen molar-refractivity contribution in [1.29, 1.82) is 5.26 Å². The largest absolute Gasteiger partial charge is 0.490 e. The van der Waals surface area contributed by atoms with E-state index in [0.717, 1.165) is 35.2 Å². The van der Waals surface area contributed by atoms with Crippen LogP contribution in [0, 0.1) is 11.3 Å². The Labute approximate surface area is 174 Å². The van der Waals surface area contributed by atoms with Crippen molar-refractivity contribution in [2.75, 3.05) is 13.2 Å². The van der Waals surface area contributed by atoms with Crippen molar-refractivity contribution in [3.05, 3.63) is 53.1 Å². The fraction of sp³-hybridized carbons (Fsp3) is 0.304. The molecule has 3 aromatic rings. The molecule has 7 nitrogen and oxygen atoms in total. The molecule has 1 heterocycles. The summed E-state index contributed by atoms with van der Waals surface area (Å²) < 4.78 is 11.2. The van der Waals surface area contributed by atoms with Gasteiger partial charge in [-0.2, -0.15) is 10.2 Å². The van der Waals surface area contributed by atoms with Gasteiger partial charge in [-0.3, -0.25) is 4.99 Å². The zero-order valence-electron chi connectivity index (χ0n) is 16.9. The molecule has 30 heavy (non-hydrogen) atoms. The van der Waals surface area contributed by atoms with Crippen LogP contribution in [0.1, 0.15) is 37.0 Å². The lowest BCUT2D eigenvalue weighted by Crippen LogP contribution is -2.06. The number of aliphatic imine (C=N–C) groups is 1. The van der Waals surface area contributed by atoms with E-state index < -0.39 is 0 Å². The van der Waals surface area contributed by atoms with Crippen molar-refractivity contribution in [2.45, 2.75) is 32.8 Å². The van der Waals surface area contributed by atoms with Crippen molar-refractivity contribution < 1.29 is 14.4 Å². The van der Waals surface area contributed by atoms with Crippen LogP contribution in [0.5, 0.6) is 5.75 Å². The number of nitriles is 1. The van der Waals surface area contributed by atoms with Crippen LogP contribution in [-0.4, -0.2) is 40.2 Å². The average Bonchev–Trinajstić information content (AvgIpc) is 3.39. The Hall–Kier alpha value is -3.50. The Morgan fingerprint density at radius 1 is 1.23 bits per heavy atom. The normalized spacial score (nSPS) is 14.2. The van der Waals surface area contributed by atoms with Crippen LogP contribution >= 0.6 is 0 Å². The molecule has 0 spiro atoms. The molecule has 152 valence electrons. The Morgan fingerprint density at radius 3 is 2.83 bits per heavy atom. The second-order valence-corrected chi connectivity index (χ2v) is 7.30. The minimum Gasteiger partial charge on any atom is -0.490 e. The summed E-state index contributed by atoms with van der Waals surface area (Å²) >= 11 is 0. The first-order valence-corrected chi connectivity index (χ1v) is 9.92. The number of aromatic nitrogens is 2. The van der Waals surface area contributed by atoms with Crippen LogP contribution in [0.2, 0.25) is 0 Å². The predicted molar refractivity (Wildman–Crippen MR) is 112 cm³/mol. The van der Waals surface area contributed by atoms with Gasteiger partial charge in [-0.05, 0) is 56.0 Å². The van der Waals surface area contributed by atoms with E-state index >= 15 is 0 Å². The number of nitrogens with zero attached hydrogens (tertiary/aromatic N) is 4. The van der Waals surface area contributed by atoms with Gasteiger partial charge in [0.2, 0.25) is 5.82 Å². The molecule has 2 aromatic carbocycles. The molecule has 7 heteroatoms. The summed E-state index contributed by atoms with van der Waals surface area (Å²) in [5.41, 5.74) is 5.22. The molecule has 0 unspecified atom stereocenters. The summed E-state index contributed by atoms with van der Waals surface area (Å²) in [5.74, 6) is 1.39. The van der Waals surface area contributed by atoms with Crippen molar-refractivity contribution >= 4 is 5.71 Å². The Bertz CT molecular complexity index is 1140. The minimum absolute atomic E-state index is 0.0241. The van der Waals surface area contributed by atoms with Gasteiger partial charge in [0.05, 0.1) is 24.8 Å². The minimum atomic E-state index is -0.0241. The predicted octanol–water partition coefficient (Wildman–Crippen LogP) is 3.79. The maximum absolute atomic E-state index is 9.45. The lowest BCUT2D eigenvalue weighted by Gasteiger charge is -2.11. The van der Waals surface area contributed by atoms with E-state index in [1.54, 1.807) is 12.1 Å². The topological polar surface area (TPSA) is 105 Å². The van der Waals surface area contributed by atoms with Gasteiger partial charge in [0.1, 0.15) is 11.8 Å². The second-order valence-electron chi connectivity index (χ2n) is 7.30. The SMILES string of the molecule is CC(C)Oc1ccc(-c2nc(-c3cccc4c3CC/C4=N\CCO)no2)cc1C#N. The molecule has 0 saturated heterocycles. The van der Waals surface area contributed by atoms with E-state index in [1.807, 2.05) is 38.1 Å².